The van der Waals surface area contributed by atoms with Crippen molar-refractivity contribution in [1.29, 1.82) is 0 Å². The van der Waals surface area contributed by atoms with Gasteiger partial charge in [0.15, 0.2) is 6.04 Å². The minimum Gasteiger partial charge on any atom is -0.467 e. The largest absolute Gasteiger partial charge is 0.467 e. The number of allylic oxidation sites excluding steroid dienone is 2. The minimum atomic E-state index is -1.21. The van der Waals surface area contributed by atoms with Crippen LogP contribution in [-0.2, 0) is 19.1 Å². The van der Waals surface area contributed by atoms with Gasteiger partial charge < -0.3 is 9.84 Å². The molecular weight excluding hydrogens is 250 g/mol. The summed E-state index contributed by atoms with van der Waals surface area (Å²) in [7, 11) is 1.17. The van der Waals surface area contributed by atoms with Gasteiger partial charge in [0.25, 0.3) is 0 Å². The van der Waals surface area contributed by atoms with Crippen molar-refractivity contribution < 1.29 is 24.2 Å². The predicted molar refractivity (Wildman–Crippen MR) is 62.5 cm³/mol. The molecule has 0 aromatic heterocycles. The summed E-state index contributed by atoms with van der Waals surface area (Å²) in [5.41, 5.74) is 0. The van der Waals surface area contributed by atoms with E-state index < -0.39 is 18.6 Å². The van der Waals surface area contributed by atoms with Crippen molar-refractivity contribution in [3.8, 4) is 0 Å². The van der Waals surface area contributed by atoms with Crippen LogP contribution in [-0.4, -0.2) is 47.5 Å². The number of ether oxygens (including phenoxy) is 1. The van der Waals surface area contributed by atoms with E-state index in [9.17, 15) is 19.5 Å². The van der Waals surface area contributed by atoms with Crippen molar-refractivity contribution in [3.63, 3.8) is 0 Å². The fourth-order valence-corrected chi connectivity index (χ4v) is 3.63. The van der Waals surface area contributed by atoms with E-state index in [1.54, 1.807) is 0 Å². The summed E-state index contributed by atoms with van der Waals surface area (Å²) >= 11 is 0. The van der Waals surface area contributed by atoms with Crippen LogP contribution in [0.5, 0.6) is 0 Å². The van der Waals surface area contributed by atoms with Crippen LogP contribution in [0.4, 0.5) is 0 Å². The third-order valence-corrected chi connectivity index (χ3v) is 4.46. The van der Waals surface area contributed by atoms with Gasteiger partial charge in [-0.2, -0.15) is 0 Å². The third-order valence-electron chi connectivity index (χ3n) is 4.46. The Labute approximate surface area is 110 Å². The Morgan fingerprint density at radius 2 is 1.89 bits per heavy atom. The van der Waals surface area contributed by atoms with Crippen LogP contribution in [0.25, 0.3) is 0 Å². The average Bonchev–Trinajstić information content (AvgIpc) is 3.07. The molecular formula is C13H15NO5. The topological polar surface area (TPSA) is 83.9 Å². The van der Waals surface area contributed by atoms with E-state index in [4.69, 9.17) is 0 Å². The second kappa shape index (κ2) is 4.16. The molecule has 2 bridgehead atoms. The lowest BCUT2D eigenvalue weighted by Gasteiger charge is -2.23. The number of methoxy groups -OCH3 is 1. The molecule has 2 aliphatic carbocycles. The van der Waals surface area contributed by atoms with E-state index in [1.807, 2.05) is 12.2 Å². The van der Waals surface area contributed by atoms with Crippen molar-refractivity contribution >= 4 is 17.8 Å². The molecule has 0 aromatic rings. The van der Waals surface area contributed by atoms with E-state index >= 15 is 0 Å². The molecule has 6 nitrogen and oxygen atoms in total. The minimum absolute atomic E-state index is 0.0911. The SMILES string of the molecule is COC(=O)[C@H](CO)N1C(=O)[C@@H]2[C@@H](C1=O)[C@H]1C=C[C@@H]2C1. The molecule has 1 heterocycles. The molecule has 2 fully saturated rings. The van der Waals surface area contributed by atoms with Crippen molar-refractivity contribution in [1.82, 2.24) is 4.90 Å². The molecule has 1 saturated heterocycles. The fraction of sp³-hybridized carbons (Fsp3) is 0.615. The van der Waals surface area contributed by atoms with Gasteiger partial charge in [0.2, 0.25) is 11.8 Å². The monoisotopic (exact) mass is 265 g/mol. The van der Waals surface area contributed by atoms with Gasteiger partial charge in [0.1, 0.15) is 0 Å². The molecule has 3 aliphatic rings. The first kappa shape index (κ1) is 12.3. The van der Waals surface area contributed by atoms with Crippen LogP contribution in [0.15, 0.2) is 12.2 Å². The number of amides is 2. The van der Waals surface area contributed by atoms with Crippen LogP contribution >= 0.6 is 0 Å². The van der Waals surface area contributed by atoms with Gasteiger partial charge in [-0.3, -0.25) is 14.5 Å². The van der Waals surface area contributed by atoms with Gasteiger partial charge >= 0.3 is 5.97 Å². The summed E-state index contributed by atoms with van der Waals surface area (Å²) in [6.45, 7) is -0.605. The van der Waals surface area contributed by atoms with Crippen LogP contribution in [0.2, 0.25) is 0 Å². The Morgan fingerprint density at radius 1 is 1.37 bits per heavy atom. The number of rotatable bonds is 3. The van der Waals surface area contributed by atoms with Gasteiger partial charge in [0.05, 0.1) is 25.6 Å². The smallest absolute Gasteiger partial charge is 0.331 e. The van der Waals surface area contributed by atoms with E-state index in [0.29, 0.717) is 0 Å². The van der Waals surface area contributed by atoms with Crippen molar-refractivity contribution in [2.45, 2.75) is 12.5 Å². The van der Waals surface area contributed by atoms with Gasteiger partial charge in [-0.25, -0.2) is 4.79 Å². The normalized spacial score (nSPS) is 36.8. The van der Waals surface area contributed by atoms with Crippen molar-refractivity contribution in [2.24, 2.45) is 23.7 Å². The van der Waals surface area contributed by atoms with Crippen LogP contribution in [0, 0.1) is 23.7 Å². The Morgan fingerprint density at radius 3 is 2.32 bits per heavy atom. The van der Waals surface area contributed by atoms with Crippen LogP contribution in [0.1, 0.15) is 6.42 Å². The standard InChI is InChI=1S/C13H15NO5/c1-19-13(18)8(5-15)14-11(16)9-6-2-3-7(4-6)10(9)12(14)17/h2-3,6-10,15H,4-5H2,1H3/t6-,7+,8-,9-,10-/m0/s1. The van der Waals surface area contributed by atoms with Crippen molar-refractivity contribution in [3.05, 3.63) is 12.2 Å². The number of carbonyl (C=O) groups excluding carboxylic acids is 3. The molecule has 102 valence electrons. The molecule has 0 radical (unpaired) electrons. The predicted octanol–water partition coefficient (Wildman–Crippen LogP) is -0.673. The fourth-order valence-electron chi connectivity index (χ4n) is 3.63. The number of imide groups is 1. The summed E-state index contributed by atoms with van der Waals surface area (Å²) in [5.74, 6) is -2.00. The lowest BCUT2D eigenvalue weighted by atomic mass is 9.85. The second-order valence-corrected chi connectivity index (χ2v) is 5.27. The van der Waals surface area contributed by atoms with E-state index in [2.05, 4.69) is 4.74 Å². The summed E-state index contributed by atoms with van der Waals surface area (Å²) < 4.78 is 4.54. The zero-order chi connectivity index (χ0) is 13.7. The maximum Gasteiger partial charge on any atom is 0.331 e. The molecule has 0 aromatic carbocycles. The number of aliphatic hydroxyl groups excluding tert-OH is 1. The van der Waals surface area contributed by atoms with Gasteiger partial charge in [-0.05, 0) is 18.3 Å². The van der Waals surface area contributed by atoms with Gasteiger partial charge in [0, 0.05) is 0 Å². The quantitative estimate of drug-likeness (QED) is 0.415. The number of fused-ring (bicyclic) bond motifs is 5. The van der Waals surface area contributed by atoms with Crippen molar-refractivity contribution in [2.75, 3.05) is 13.7 Å². The van der Waals surface area contributed by atoms with Crippen LogP contribution in [0.3, 0.4) is 0 Å². The molecule has 5 atom stereocenters. The highest BCUT2D eigenvalue weighted by Crippen LogP contribution is 2.52. The zero-order valence-electron chi connectivity index (χ0n) is 10.5. The number of hydrogen-bond donors (Lipinski definition) is 1. The summed E-state index contributed by atoms with van der Waals surface area (Å²) in [6, 6.07) is -1.21. The first-order chi connectivity index (χ1) is 9.10. The first-order valence-electron chi connectivity index (χ1n) is 6.34. The van der Waals surface area contributed by atoms with Gasteiger partial charge in [-0.15, -0.1) is 0 Å². The number of hydrogen-bond acceptors (Lipinski definition) is 5. The molecule has 1 N–H and O–H groups in total. The molecule has 3 rings (SSSR count). The number of esters is 1. The molecule has 0 spiro atoms. The van der Waals surface area contributed by atoms with E-state index in [1.165, 1.54) is 7.11 Å². The Bertz CT molecular complexity index is 455. The zero-order valence-corrected chi connectivity index (χ0v) is 10.5. The Balaban J connectivity index is 1.91. The number of nitrogens with zero attached hydrogens (tertiary/aromatic N) is 1. The average molecular weight is 265 g/mol. The Kier molecular flexibility index (Phi) is 2.70. The summed E-state index contributed by atoms with van der Waals surface area (Å²) in [5, 5.41) is 9.27. The first-order valence-corrected chi connectivity index (χ1v) is 6.34. The third kappa shape index (κ3) is 1.49. The number of aliphatic hydroxyl groups is 1. The highest BCUT2D eigenvalue weighted by molar-refractivity contribution is 6.08. The molecule has 2 amide bonds. The lowest BCUT2D eigenvalue weighted by molar-refractivity contribution is -0.159. The maximum atomic E-state index is 12.4. The summed E-state index contributed by atoms with van der Waals surface area (Å²) in [6.07, 6.45) is 4.79. The van der Waals surface area contributed by atoms with Crippen LogP contribution < -0.4 is 0 Å². The molecule has 19 heavy (non-hydrogen) atoms. The molecule has 1 aliphatic heterocycles. The highest BCUT2D eigenvalue weighted by atomic mass is 16.5. The lowest BCUT2D eigenvalue weighted by Crippen LogP contribution is -2.48. The summed E-state index contributed by atoms with van der Waals surface area (Å²) in [4.78, 5) is 37.2. The van der Waals surface area contributed by atoms with Gasteiger partial charge in [-0.1, -0.05) is 12.2 Å². The molecule has 1 saturated carbocycles. The highest BCUT2D eigenvalue weighted by Gasteiger charge is 2.61. The second-order valence-electron chi connectivity index (χ2n) is 5.27. The van der Waals surface area contributed by atoms with E-state index in [0.717, 1.165) is 11.3 Å². The molecule has 0 unspecified atom stereocenters. The van der Waals surface area contributed by atoms with E-state index in [-0.39, 0.29) is 35.5 Å². The Hall–Kier alpha value is -1.69. The molecule has 6 heteroatoms. The number of carbonyl (C=O) groups is 3. The maximum absolute atomic E-state index is 12.4. The number of likely N-dealkylation sites (tertiary alicyclic amines) is 1.